The minimum atomic E-state index is -1.35. The first-order valence-electron chi connectivity index (χ1n) is 17.5. The van der Waals surface area contributed by atoms with E-state index in [9.17, 15) is 0 Å². The zero-order chi connectivity index (χ0) is 36.4. The third kappa shape index (κ3) is 8.09. The van der Waals surface area contributed by atoms with Gasteiger partial charge in [-0.1, -0.05) is 158 Å². The fourth-order valence-corrected chi connectivity index (χ4v) is 7.59. The summed E-state index contributed by atoms with van der Waals surface area (Å²) in [5.74, 6) is 0. The van der Waals surface area contributed by atoms with Gasteiger partial charge >= 0.3 is 7.12 Å². The summed E-state index contributed by atoms with van der Waals surface area (Å²) in [5.41, 5.74) is 20.6. The summed E-state index contributed by atoms with van der Waals surface area (Å²) in [4.78, 5) is 0. The van der Waals surface area contributed by atoms with Gasteiger partial charge < -0.3 is 10.0 Å². The summed E-state index contributed by atoms with van der Waals surface area (Å²) >= 11 is 7.05. The maximum atomic E-state index is 8.67. The average molecular weight is 806 g/mol. The maximum absolute atomic E-state index is 8.67. The van der Waals surface area contributed by atoms with Gasteiger partial charge in [0.2, 0.25) is 0 Å². The second kappa shape index (κ2) is 15.6. The van der Waals surface area contributed by atoms with Gasteiger partial charge in [0.05, 0.1) is 0 Å². The van der Waals surface area contributed by atoms with Crippen LogP contribution in [0, 0.1) is 20.8 Å². The zero-order valence-electron chi connectivity index (χ0n) is 29.5. The SMILES string of the molecule is Brc1ccc2c(c1)-c1cc(Br)ccc1C2.Cc1ccc(-c2ccc3c(c2)-c2cc(-c4ccc(C)cc4)ccc2C3)cc1.Cc1ccc(B(O)O)cc1. The van der Waals surface area contributed by atoms with Crippen molar-refractivity contribution in [2.24, 2.45) is 0 Å². The molecule has 0 aliphatic heterocycles. The first-order valence-corrected chi connectivity index (χ1v) is 19.1. The quantitative estimate of drug-likeness (QED) is 0.175. The number of hydrogen-bond acceptors (Lipinski definition) is 2. The molecule has 2 nitrogen and oxygen atoms in total. The minimum absolute atomic E-state index is 0.533. The van der Waals surface area contributed by atoms with Crippen LogP contribution in [0.25, 0.3) is 44.5 Å². The monoisotopic (exact) mass is 804 g/mol. The van der Waals surface area contributed by atoms with E-state index in [0.29, 0.717) is 5.46 Å². The molecule has 0 radical (unpaired) electrons. The molecule has 0 fully saturated rings. The van der Waals surface area contributed by atoms with Crippen molar-refractivity contribution < 1.29 is 10.0 Å². The van der Waals surface area contributed by atoms with Gasteiger partial charge in [0.1, 0.15) is 0 Å². The van der Waals surface area contributed by atoms with Gasteiger partial charge in [-0.3, -0.25) is 0 Å². The van der Waals surface area contributed by atoms with Gasteiger partial charge in [-0.05, 0) is 142 Å². The molecule has 0 aromatic heterocycles. The number of aryl methyl sites for hydroxylation is 3. The first-order chi connectivity index (χ1) is 25.1. The highest BCUT2D eigenvalue weighted by Gasteiger charge is 2.20. The zero-order valence-corrected chi connectivity index (χ0v) is 32.7. The highest BCUT2D eigenvalue weighted by molar-refractivity contribution is 9.10. The lowest BCUT2D eigenvalue weighted by Gasteiger charge is -2.09. The molecule has 5 heteroatoms. The number of halogens is 2. The Kier molecular flexibility index (Phi) is 10.8. The average Bonchev–Trinajstić information content (AvgIpc) is 3.70. The van der Waals surface area contributed by atoms with Crippen LogP contribution >= 0.6 is 31.9 Å². The lowest BCUT2D eigenvalue weighted by atomic mass is 9.80. The van der Waals surface area contributed by atoms with Crippen LogP contribution in [0.4, 0.5) is 0 Å². The van der Waals surface area contributed by atoms with Crippen LogP contribution in [0.15, 0.2) is 155 Å². The number of fused-ring (bicyclic) bond motifs is 6. The summed E-state index contributed by atoms with van der Waals surface area (Å²) in [6, 6.07) is 51.6. The Morgan fingerprint density at radius 2 is 0.692 bits per heavy atom. The summed E-state index contributed by atoms with van der Waals surface area (Å²) in [6.45, 7) is 6.22. The van der Waals surface area contributed by atoms with Crippen LogP contribution in [-0.4, -0.2) is 17.2 Å². The van der Waals surface area contributed by atoms with Crippen molar-refractivity contribution in [1.29, 1.82) is 0 Å². The maximum Gasteiger partial charge on any atom is 0.488 e. The van der Waals surface area contributed by atoms with Gasteiger partial charge in [-0.2, -0.15) is 0 Å². The van der Waals surface area contributed by atoms with Gasteiger partial charge in [0.15, 0.2) is 0 Å². The van der Waals surface area contributed by atoms with Crippen molar-refractivity contribution in [1.82, 2.24) is 0 Å². The second-order valence-electron chi connectivity index (χ2n) is 13.7. The van der Waals surface area contributed by atoms with Crippen molar-refractivity contribution in [3.8, 4) is 44.5 Å². The molecule has 0 bridgehead atoms. The standard InChI is InChI=1S/C27H22.C13H8Br2.C7H9BO2/c1-18-3-7-20(8-4-18)22-11-13-24-15-25-14-12-23(17-27(25)26(24)16-22)21-9-5-19(2)6-10-21;14-10-3-1-8-5-9-2-4-11(15)7-13(9)12(8)6-10;1-6-2-4-7(5-3-6)8(9)10/h3-14,16-17H,15H2,1-2H3;1-4,6-7H,5H2;2-5,9-10H,1H3. The third-order valence-electron chi connectivity index (χ3n) is 9.85. The van der Waals surface area contributed by atoms with E-state index in [1.807, 2.05) is 19.1 Å². The van der Waals surface area contributed by atoms with Crippen LogP contribution < -0.4 is 5.46 Å². The highest BCUT2D eigenvalue weighted by Crippen LogP contribution is 2.41. The predicted octanol–water partition coefficient (Wildman–Crippen LogP) is 11.7. The molecule has 52 heavy (non-hydrogen) atoms. The van der Waals surface area contributed by atoms with E-state index in [0.717, 1.165) is 27.4 Å². The molecular formula is C47H39BBr2O2. The van der Waals surface area contributed by atoms with Crippen LogP contribution in [0.3, 0.4) is 0 Å². The largest absolute Gasteiger partial charge is 0.488 e. The van der Waals surface area contributed by atoms with Crippen molar-refractivity contribution in [2.75, 3.05) is 0 Å². The fraction of sp³-hybridized carbons (Fsp3) is 0.106. The fourth-order valence-electron chi connectivity index (χ4n) is 6.87. The number of rotatable bonds is 3. The number of benzene rings is 7. The van der Waals surface area contributed by atoms with Crippen LogP contribution in [0.5, 0.6) is 0 Å². The van der Waals surface area contributed by atoms with Gasteiger partial charge in [-0.25, -0.2) is 0 Å². The first kappa shape index (κ1) is 35.9. The molecule has 2 aliphatic rings. The van der Waals surface area contributed by atoms with E-state index < -0.39 is 7.12 Å². The minimum Gasteiger partial charge on any atom is -0.423 e. The molecule has 0 heterocycles. The molecule has 0 amide bonds. The Labute approximate surface area is 324 Å². The second-order valence-corrected chi connectivity index (χ2v) is 15.5. The summed E-state index contributed by atoms with van der Waals surface area (Å²) in [5, 5.41) is 17.3. The third-order valence-corrected chi connectivity index (χ3v) is 10.8. The predicted molar refractivity (Wildman–Crippen MR) is 226 cm³/mol. The van der Waals surface area contributed by atoms with E-state index in [1.54, 1.807) is 12.1 Å². The molecule has 7 aromatic rings. The van der Waals surface area contributed by atoms with Gasteiger partial charge in [-0.15, -0.1) is 0 Å². The van der Waals surface area contributed by atoms with E-state index in [4.69, 9.17) is 10.0 Å². The summed E-state index contributed by atoms with van der Waals surface area (Å²) in [6.07, 6.45) is 2.10. The molecular weight excluding hydrogens is 767 g/mol. The molecule has 7 aromatic carbocycles. The highest BCUT2D eigenvalue weighted by atomic mass is 79.9. The van der Waals surface area contributed by atoms with Crippen molar-refractivity contribution in [2.45, 2.75) is 33.6 Å². The smallest absolute Gasteiger partial charge is 0.423 e. The Bertz CT molecular complexity index is 2220. The number of hydrogen-bond donors (Lipinski definition) is 2. The Balaban J connectivity index is 0.000000140. The van der Waals surface area contributed by atoms with E-state index in [-0.39, 0.29) is 0 Å². The lowest BCUT2D eigenvalue weighted by molar-refractivity contribution is 0.426. The van der Waals surface area contributed by atoms with Gasteiger partial charge in [0.25, 0.3) is 0 Å². The van der Waals surface area contributed by atoms with Crippen LogP contribution in [0.1, 0.15) is 38.9 Å². The Morgan fingerprint density at radius 3 is 1.06 bits per heavy atom. The van der Waals surface area contributed by atoms with Crippen molar-refractivity contribution in [3.63, 3.8) is 0 Å². The van der Waals surface area contributed by atoms with Crippen molar-refractivity contribution >= 4 is 44.4 Å². The van der Waals surface area contributed by atoms with Gasteiger partial charge in [0, 0.05) is 8.95 Å². The molecule has 0 unspecified atom stereocenters. The molecule has 0 spiro atoms. The normalized spacial score (nSPS) is 11.6. The lowest BCUT2D eigenvalue weighted by Crippen LogP contribution is -2.29. The summed E-state index contributed by atoms with van der Waals surface area (Å²) in [7, 11) is -1.35. The summed E-state index contributed by atoms with van der Waals surface area (Å²) < 4.78 is 2.29. The van der Waals surface area contributed by atoms with E-state index in [1.165, 1.54) is 77.9 Å². The Morgan fingerprint density at radius 1 is 0.385 bits per heavy atom. The van der Waals surface area contributed by atoms with Crippen LogP contribution in [0.2, 0.25) is 0 Å². The molecule has 9 rings (SSSR count). The molecule has 2 N–H and O–H groups in total. The van der Waals surface area contributed by atoms with Crippen LogP contribution in [-0.2, 0) is 12.8 Å². The molecule has 0 atom stereocenters. The molecule has 2 aliphatic carbocycles. The molecule has 0 saturated carbocycles. The van der Waals surface area contributed by atoms with E-state index in [2.05, 4.69) is 167 Å². The van der Waals surface area contributed by atoms with Crippen molar-refractivity contribution in [3.05, 3.63) is 193 Å². The topological polar surface area (TPSA) is 40.5 Å². The van der Waals surface area contributed by atoms with E-state index >= 15 is 0 Å². The molecule has 0 saturated heterocycles. The molecule has 256 valence electrons. The Hall–Kier alpha value is -4.52.